The van der Waals surface area contributed by atoms with Gasteiger partial charge in [0.15, 0.2) is 0 Å². The predicted molar refractivity (Wildman–Crippen MR) is 118 cm³/mol. The lowest BCUT2D eigenvalue weighted by Gasteiger charge is -2.27. The van der Waals surface area contributed by atoms with Crippen LogP contribution >= 0.6 is 0 Å². The molecule has 1 aliphatic heterocycles. The van der Waals surface area contributed by atoms with Gasteiger partial charge in [0, 0.05) is 13.1 Å². The molecule has 2 aromatic rings. The molecule has 0 saturated heterocycles. The number of hydrazine groups is 1. The molecule has 2 amide bonds. The summed E-state index contributed by atoms with van der Waals surface area (Å²) in [6.45, 7) is 5.38. The van der Waals surface area contributed by atoms with E-state index in [9.17, 15) is 18.0 Å². The van der Waals surface area contributed by atoms with E-state index in [0.29, 0.717) is 11.3 Å². The molecule has 9 nitrogen and oxygen atoms in total. The zero-order valence-corrected chi connectivity index (χ0v) is 18.4. The first-order valence-electron chi connectivity index (χ1n) is 9.73. The summed E-state index contributed by atoms with van der Waals surface area (Å²) in [7, 11) is -3.69. The molecular formula is C21H25N5O4S. The molecule has 0 fully saturated rings. The van der Waals surface area contributed by atoms with E-state index in [2.05, 4.69) is 20.5 Å². The number of aliphatic imine (C=N–C) groups is 1. The third-order valence-corrected chi connectivity index (χ3v) is 6.29. The topological polar surface area (TPSA) is 120 Å². The van der Waals surface area contributed by atoms with E-state index >= 15 is 0 Å². The van der Waals surface area contributed by atoms with Crippen molar-refractivity contribution in [1.82, 2.24) is 15.5 Å². The van der Waals surface area contributed by atoms with Crippen molar-refractivity contribution < 1.29 is 18.0 Å². The molecule has 0 spiro atoms. The molecule has 0 saturated carbocycles. The Labute approximate surface area is 181 Å². The lowest BCUT2D eigenvalue weighted by molar-refractivity contribution is -0.118. The summed E-state index contributed by atoms with van der Waals surface area (Å²) < 4.78 is 27.5. The van der Waals surface area contributed by atoms with Gasteiger partial charge in [-0.1, -0.05) is 29.8 Å². The first kappa shape index (κ1) is 22.4. The molecule has 3 N–H and O–H groups in total. The molecule has 0 bridgehead atoms. The maximum atomic E-state index is 12.5. The normalized spacial score (nSPS) is 14.1. The minimum atomic E-state index is -3.69. The second-order valence-electron chi connectivity index (χ2n) is 7.26. The average Bonchev–Trinajstić information content (AvgIpc) is 2.74. The molecular weight excluding hydrogens is 418 g/mol. The molecule has 31 heavy (non-hydrogen) atoms. The maximum absolute atomic E-state index is 12.5. The van der Waals surface area contributed by atoms with Crippen molar-refractivity contribution in [2.45, 2.75) is 25.7 Å². The highest BCUT2D eigenvalue weighted by Crippen LogP contribution is 2.16. The highest BCUT2D eigenvalue weighted by molar-refractivity contribution is 7.89. The van der Waals surface area contributed by atoms with Crippen molar-refractivity contribution in [2.24, 2.45) is 4.99 Å². The Morgan fingerprint density at radius 2 is 1.74 bits per heavy atom. The number of hydrogen-bond donors (Lipinski definition) is 3. The largest absolute Gasteiger partial charge is 0.348 e. The summed E-state index contributed by atoms with van der Waals surface area (Å²) in [6.07, 6.45) is 0. The quantitative estimate of drug-likeness (QED) is 0.551. The van der Waals surface area contributed by atoms with Crippen LogP contribution in [0.15, 0.2) is 52.4 Å². The Balaban J connectivity index is 1.55. The highest BCUT2D eigenvalue weighted by atomic mass is 32.2. The molecule has 1 aliphatic rings. The fourth-order valence-corrected chi connectivity index (χ4v) is 4.32. The molecule has 0 atom stereocenters. The summed E-state index contributed by atoms with van der Waals surface area (Å²) in [6, 6.07) is 12.5. The van der Waals surface area contributed by atoms with Crippen LogP contribution in [0.5, 0.6) is 0 Å². The Kier molecular flexibility index (Phi) is 6.71. The summed E-state index contributed by atoms with van der Waals surface area (Å²) in [4.78, 5) is 28.7. The third kappa shape index (κ3) is 5.47. The first-order valence-corrected chi connectivity index (χ1v) is 11.2. The first-order chi connectivity index (χ1) is 14.7. The molecule has 1 heterocycles. The van der Waals surface area contributed by atoms with Crippen molar-refractivity contribution in [1.29, 1.82) is 0 Å². The molecule has 10 heteroatoms. The number of amidine groups is 1. The van der Waals surface area contributed by atoms with E-state index in [1.807, 2.05) is 32.0 Å². The van der Waals surface area contributed by atoms with Crippen molar-refractivity contribution in [3.63, 3.8) is 0 Å². The van der Waals surface area contributed by atoms with Crippen LogP contribution in [0.2, 0.25) is 0 Å². The minimum absolute atomic E-state index is 0.00927. The highest BCUT2D eigenvalue weighted by Gasteiger charge is 2.25. The van der Waals surface area contributed by atoms with Gasteiger partial charge in [-0.3, -0.25) is 20.0 Å². The van der Waals surface area contributed by atoms with Crippen molar-refractivity contribution in [3.8, 4) is 0 Å². The number of sulfonamides is 1. The zero-order valence-electron chi connectivity index (χ0n) is 17.6. The molecule has 0 unspecified atom stereocenters. The molecule has 0 radical (unpaired) electrons. The Morgan fingerprint density at radius 3 is 2.45 bits per heavy atom. The van der Waals surface area contributed by atoms with Crippen LogP contribution in [0.25, 0.3) is 0 Å². The lowest BCUT2D eigenvalue weighted by atomic mass is 10.2. The molecule has 0 aromatic heterocycles. The zero-order chi connectivity index (χ0) is 22.6. The standard InChI is InChI=1S/C21H25N5O4S/c1-14-5-8-17(9-6-14)26-19(27)13-23-20(25-26)21(28)22-10-11-24-31(29,30)18-12-15(2)4-7-16(18)3/h4-9,12,24H,10-11,13H2,1-3H3,(H,22,28)(H,23,25). The van der Waals surface area contributed by atoms with Gasteiger partial charge in [-0.15, -0.1) is 0 Å². The average molecular weight is 444 g/mol. The van der Waals surface area contributed by atoms with Crippen LogP contribution in [0.3, 0.4) is 0 Å². The van der Waals surface area contributed by atoms with Crippen LogP contribution in [0, 0.1) is 20.8 Å². The van der Waals surface area contributed by atoms with E-state index in [1.54, 1.807) is 31.2 Å². The number of carbonyl (C=O) groups is 2. The summed E-state index contributed by atoms with van der Waals surface area (Å²) in [5, 5.41) is 3.87. The number of anilines is 1. The van der Waals surface area contributed by atoms with E-state index in [4.69, 9.17) is 0 Å². The Morgan fingerprint density at radius 1 is 1.06 bits per heavy atom. The second-order valence-corrected chi connectivity index (χ2v) is 9.00. The smallest absolute Gasteiger partial charge is 0.288 e. The van der Waals surface area contributed by atoms with Gasteiger partial charge >= 0.3 is 0 Å². The summed E-state index contributed by atoms with van der Waals surface area (Å²) in [5.41, 5.74) is 5.84. The summed E-state index contributed by atoms with van der Waals surface area (Å²) >= 11 is 0. The monoisotopic (exact) mass is 443 g/mol. The predicted octanol–water partition coefficient (Wildman–Crippen LogP) is 0.956. The van der Waals surface area contributed by atoms with Gasteiger partial charge in [0.1, 0.15) is 6.54 Å². The van der Waals surface area contributed by atoms with E-state index in [0.717, 1.165) is 11.1 Å². The lowest BCUT2D eigenvalue weighted by Crippen LogP contribution is -2.56. The number of aryl methyl sites for hydroxylation is 3. The molecule has 2 aromatic carbocycles. The van der Waals surface area contributed by atoms with Crippen LogP contribution in [-0.2, 0) is 19.6 Å². The number of nitrogens with zero attached hydrogens (tertiary/aromatic N) is 2. The van der Waals surface area contributed by atoms with Gasteiger partial charge in [0.25, 0.3) is 11.8 Å². The van der Waals surface area contributed by atoms with E-state index in [-0.39, 0.29) is 36.3 Å². The van der Waals surface area contributed by atoms with Gasteiger partial charge in [0.05, 0.1) is 10.6 Å². The Bertz CT molecular complexity index is 1130. The number of rotatable bonds is 7. The minimum Gasteiger partial charge on any atom is -0.348 e. The fraction of sp³-hybridized carbons (Fsp3) is 0.286. The fourth-order valence-electron chi connectivity index (χ4n) is 2.97. The number of nitrogens with one attached hydrogen (secondary N) is 3. The van der Waals surface area contributed by atoms with Crippen LogP contribution in [0.4, 0.5) is 5.69 Å². The van der Waals surface area contributed by atoms with E-state index in [1.165, 1.54) is 5.01 Å². The number of benzene rings is 2. The number of carbonyl (C=O) groups excluding carboxylic acids is 2. The van der Waals surface area contributed by atoms with E-state index < -0.39 is 15.9 Å². The molecule has 3 rings (SSSR count). The van der Waals surface area contributed by atoms with Gasteiger partial charge in [-0.25, -0.2) is 18.1 Å². The van der Waals surface area contributed by atoms with Gasteiger partial charge < -0.3 is 5.32 Å². The van der Waals surface area contributed by atoms with Crippen LogP contribution in [0.1, 0.15) is 16.7 Å². The van der Waals surface area contributed by atoms with Crippen molar-refractivity contribution in [2.75, 3.05) is 24.6 Å². The van der Waals surface area contributed by atoms with Crippen molar-refractivity contribution in [3.05, 3.63) is 59.2 Å². The maximum Gasteiger partial charge on any atom is 0.288 e. The number of amides is 2. The second kappa shape index (κ2) is 9.27. The SMILES string of the molecule is Cc1ccc(N2NC(C(=O)NCCNS(=O)(=O)c3cc(C)ccc3C)=NCC2=O)cc1. The van der Waals surface area contributed by atoms with Gasteiger partial charge in [0.2, 0.25) is 15.9 Å². The Hall–Kier alpha value is -3.24. The summed E-state index contributed by atoms with van der Waals surface area (Å²) in [5.74, 6) is -0.838. The van der Waals surface area contributed by atoms with Crippen LogP contribution in [-0.4, -0.2) is 45.7 Å². The van der Waals surface area contributed by atoms with Crippen molar-refractivity contribution >= 4 is 33.4 Å². The molecule has 0 aliphatic carbocycles. The van der Waals surface area contributed by atoms with Gasteiger partial charge in [-0.2, -0.15) is 0 Å². The molecule has 164 valence electrons. The number of hydrogen-bond acceptors (Lipinski definition) is 6. The van der Waals surface area contributed by atoms with Gasteiger partial charge in [-0.05, 0) is 50.1 Å². The van der Waals surface area contributed by atoms with Crippen LogP contribution < -0.4 is 20.5 Å². The third-order valence-electron chi connectivity index (χ3n) is 4.68.